The smallest absolute Gasteiger partial charge is 0.128 e. The number of aliphatic hydroxyl groups is 1. The molecule has 1 N–H and O–H groups in total. The van der Waals surface area contributed by atoms with Gasteiger partial charge in [0.1, 0.15) is 30.0 Å². The Hall–Kier alpha value is -3.46. The average molecular weight is 459 g/mol. The molecule has 4 nitrogen and oxygen atoms in total. The fourth-order valence-corrected chi connectivity index (χ4v) is 3.87. The number of ether oxygens (including phenoxy) is 3. The van der Waals surface area contributed by atoms with Gasteiger partial charge in [-0.15, -0.1) is 5.73 Å². The minimum absolute atomic E-state index is 0.388. The van der Waals surface area contributed by atoms with Gasteiger partial charge in [0.25, 0.3) is 0 Å². The van der Waals surface area contributed by atoms with Crippen LogP contribution in [0.2, 0.25) is 0 Å². The SMILES string of the molecule is CC=C=CC(CCC)c1ccc(COc2ccc(C(O)c3ccc(OC)cc3OC)cc2)cc1. The summed E-state index contributed by atoms with van der Waals surface area (Å²) in [5.41, 5.74) is 7.08. The average Bonchev–Trinajstić information content (AvgIpc) is 2.89. The van der Waals surface area contributed by atoms with E-state index >= 15 is 0 Å². The van der Waals surface area contributed by atoms with Crippen LogP contribution in [-0.4, -0.2) is 19.3 Å². The molecule has 2 unspecified atom stereocenters. The topological polar surface area (TPSA) is 47.9 Å². The van der Waals surface area contributed by atoms with Gasteiger partial charge >= 0.3 is 0 Å². The van der Waals surface area contributed by atoms with E-state index in [2.05, 4.69) is 43.0 Å². The fraction of sp³-hybridized carbons (Fsp3) is 0.300. The molecule has 0 saturated heterocycles. The molecule has 2 atom stereocenters. The first-order valence-electron chi connectivity index (χ1n) is 11.7. The third kappa shape index (κ3) is 6.54. The summed E-state index contributed by atoms with van der Waals surface area (Å²) in [5.74, 6) is 2.40. The van der Waals surface area contributed by atoms with Gasteiger partial charge in [0.2, 0.25) is 0 Å². The van der Waals surface area contributed by atoms with E-state index in [4.69, 9.17) is 14.2 Å². The van der Waals surface area contributed by atoms with Gasteiger partial charge in [-0.1, -0.05) is 49.7 Å². The van der Waals surface area contributed by atoms with Crippen LogP contribution >= 0.6 is 0 Å². The fourth-order valence-electron chi connectivity index (χ4n) is 3.87. The van der Waals surface area contributed by atoms with Crippen molar-refractivity contribution in [2.24, 2.45) is 0 Å². The quantitative estimate of drug-likeness (QED) is 0.315. The maximum Gasteiger partial charge on any atom is 0.128 e. The van der Waals surface area contributed by atoms with E-state index in [1.54, 1.807) is 20.3 Å². The molecule has 34 heavy (non-hydrogen) atoms. The Morgan fingerprint density at radius 1 is 0.882 bits per heavy atom. The lowest BCUT2D eigenvalue weighted by atomic mass is 9.94. The van der Waals surface area contributed by atoms with Crippen molar-refractivity contribution in [3.8, 4) is 17.2 Å². The standard InChI is InChI=1S/C30H34O4/c1-5-7-9-23(8-6-2)24-12-10-22(11-13-24)21-34-26-16-14-25(15-17-26)30(31)28-19-18-27(32-3)20-29(28)33-4/h5,9-20,23,30-31H,6,8,21H2,1-4H3. The number of benzene rings is 3. The Morgan fingerprint density at radius 3 is 2.18 bits per heavy atom. The minimum atomic E-state index is -0.810. The van der Waals surface area contributed by atoms with Gasteiger partial charge in [0.15, 0.2) is 0 Å². The second-order valence-corrected chi connectivity index (χ2v) is 8.13. The van der Waals surface area contributed by atoms with Gasteiger partial charge in [0.05, 0.1) is 14.2 Å². The van der Waals surface area contributed by atoms with E-state index < -0.39 is 6.10 Å². The summed E-state index contributed by atoms with van der Waals surface area (Å²) >= 11 is 0. The Balaban J connectivity index is 1.63. The first kappa shape index (κ1) is 25.2. The molecule has 0 aliphatic rings. The van der Waals surface area contributed by atoms with Crippen LogP contribution in [0.1, 0.15) is 61.0 Å². The number of rotatable bonds is 11. The Bertz CT molecular complexity index is 1090. The highest BCUT2D eigenvalue weighted by Gasteiger charge is 2.16. The molecule has 0 aliphatic carbocycles. The van der Waals surface area contributed by atoms with E-state index in [-0.39, 0.29) is 0 Å². The van der Waals surface area contributed by atoms with E-state index in [0.29, 0.717) is 29.6 Å². The molecule has 4 heteroatoms. The summed E-state index contributed by atoms with van der Waals surface area (Å²) in [5, 5.41) is 10.9. The largest absolute Gasteiger partial charge is 0.497 e. The number of hydrogen-bond donors (Lipinski definition) is 1. The summed E-state index contributed by atoms with van der Waals surface area (Å²) in [6.45, 7) is 4.68. The number of hydrogen-bond acceptors (Lipinski definition) is 4. The van der Waals surface area contributed by atoms with Gasteiger partial charge in [-0.3, -0.25) is 0 Å². The first-order chi connectivity index (χ1) is 16.6. The molecular formula is C30H34O4. The van der Waals surface area contributed by atoms with Crippen LogP contribution in [-0.2, 0) is 6.61 Å². The molecule has 0 fully saturated rings. The van der Waals surface area contributed by atoms with Gasteiger partial charge < -0.3 is 19.3 Å². The molecule has 0 heterocycles. The van der Waals surface area contributed by atoms with Gasteiger partial charge in [-0.05, 0) is 66.5 Å². The molecule has 3 aromatic rings. The molecule has 0 bridgehead atoms. The van der Waals surface area contributed by atoms with Crippen LogP contribution in [0.3, 0.4) is 0 Å². The lowest BCUT2D eigenvalue weighted by Gasteiger charge is -2.16. The zero-order chi connectivity index (χ0) is 24.3. The monoisotopic (exact) mass is 458 g/mol. The summed E-state index contributed by atoms with van der Waals surface area (Å²) in [6.07, 6.45) is 5.52. The molecule has 0 aromatic heterocycles. The highest BCUT2D eigenvalue weighted by Crippen LogP contribution is 2.33. The molecule has 0 saturated carbocycles. The van der Waals surface area contributed by atoms with Crippen LogP contribution in [0.25, 0.3) is 0 Å². The Morgan fingerprint density at radius 2 is 1.56 bits per heavy atom. The zero-order valence-electron chi connectivity index (χ0n) is 20.5. The lowest BCUT2D eigenvalue weighted by molar-refractivity contribution is 0.214. The normalized spacial score (nSPS) is 12.3. The number of allylic oxidation sites excluding steroid dienone is 1. The van der Waals surface area contributed by atoms with Crippen molar-refractivity contribution >= 4 is 0 Å². The molecule has 0 spiro atoms. The third-order valence-electron chi connectivity index (χ3n) is 5.81. The van der Waals surface area contributed by atoms with Crippen molar-refractivity contribution in [2.45, 2.75) is 45.3 Å². The molecule has 0 aliphatic heterocycles. The van der Waals surface area contributed by atoms with Crippen LogP contribution in [0, 0.1) is 0 Å². The second kappa shape index (κ2) is 12.7. The van der Waals surface area contributed by atoms with Crippen molar-refractivity contribution in [2.75, 3.05) is 14.2 Å². The summed E-state index contributed by atoms with van der Waals surface area (Å²) in [6, 6.07) is 21.5. The summed E-state index contributed by atoms with van der Waals surface area (Å²) in [4.78, 5) is 0. The van der Waals surface area contributed by atoms with Crippen LogP contribution in [0.4, 0.5) is 0 Å². The number of aliphatic hydroxyl groups excluding tert-OH is 1. The van der Waals surface area contributed by atoms with Gasteiger partial charge in [0, 0.05) is 17.5 Å². The predicted molar refractivity (Wildman–Crippen MR) is 137 cm³/mol. The highest BCUT2D eigenvalue weighted by molar-refractivity contribution is 5.45. The van der Waals surface area contributed by atoms with Crippen LogP contribution < -0.4 is 14.2 Å². The predicted octanol–water partition coefficient (Wildman–Crippen LogP) is 6.98. The van der Waals surface area contributed by atoms with Crippen molar-refractivity contribution in [3.63, 3.8) is 0 Å². The Kier molecular flexibility index (Phi) is 9.40. The van der Waals surface area contributed by atoms with Crippen LogP contribution in [0.5, 0.6) is 17.2 Å². The molecule has 0 amide bonds. The minimum Gasteiger partial charge on any atom is -0.497 e. The van der Waals surface area contributed by atoms with Crippen molar-refractivity contribution in [1.29, 1.82) is 0 Å². The van der Waals surface area contributed by atoms with Crippen molar-refractivity contribution in [1.82, 2.24) is 0 Å². The molecule has 3 rings (SSSR count). The van der Waals surface area contributed by atoms with Crippen molar-refractivity contribution < 1.29 is 19.3 Å². The van der Waals surface area contributed by atoms with Crippen molar-refractivity contribution in [3.05, 3.63) is 107 Å². The molecular weight excluding hydrogens is 424 g/mol. The third-order valence-corrected chi connectivity index (χ3v) is 5.81. The zero-order valence-corrected chi connectivity index (χ0v) is 20.5. The summed E-state index contributed by atoms with van der Waals surface area (Å²) < 4.78 is 16.6. The molecule has 178 valence electrons. The molecule has 0 radical (unpaired) electrons. The van der Waals surface area contributed by atoms with Crippen LogP contribution in [0.15, 0.2) is 84.6 Å². The van der Waals surface area contributed by atoms with Gasteiger partial charge in [-0.2, -0.15) is 0 Å². The van der Waals surface area contributed by atoms with E-state index in [1.807, 2.05) is 49.4 Å². The van der Waals surface area contributed by atoms with E-state index in [1.165, 1.54) is 5.56 Å². The maximum atomic E-state index is 10.9. The summed E-state index contributed by atoms with van der Waals surface area (Å²) in [7, 11) is 3.18. The second-order valence-electron chi connectivity index (χ2n) is 8.13. The number of methoxy groups -OCH3 is 2. The van der Waals surface area contributed by atoms with E-state index in [0.717, 1.165) is 29.7 Å². The maximum absolute atomic E-state index is 10.9. The lowest BCUT2D eigenvalue weighted by Crippen LogP contribution is -2.03. The highest BCUT2D eigenvalue weighted by atomic mass is 16.5. The van der Waals surface area contributed by atoms with E-state index in [9.17, 15) is 5.11 Å². The Labute approximate surface area is 203 Å². The first-order valence-corrected chi connectivity index (χ1v) is 11.7. The van der Waals surface area contributed by atoms with Gasteiger partial charge in [-0.25, -0.2) is 0 Å². The molecule has 3 aromatic carbocycles.